The summed E-state index contributed by atoms with van der Waals surface area (Å²) in [5.41, 5.74) is 14.6. The summed E-state index contributed by atoms with van der Waals surface area (Å²) < 4.78 is 2.04. The molecule has 0 saturated heterocycles. The van der Waals surface area contributed by atoms with Crippen LogP contribution in [0.5, 0.6) is 0 Å². The highest BCUT2D eigenvalue weighted by atomic mass is 35.5. The predicted octanol–water partition coefficient (Wildman–Crippen LogP) is 3.45. The van der Waals surface area contributed by atoms with Crippen LogP contribution in [0.25, 0.3) is 21.8 Å². The molecule has 4 rings (SSSR count). The molecule has 0 saturated carbocycles. The normalized spacial score (nSPS) is 11.3. The Labute approximate surface area is 137 Å². The second-order valence-corrected chi connectivity index (χ2v) is 5.79. The van der Waals surface area contributed by atoms with Crippen LogP contribution in [0.2, 0.25) is 5.15 Å². The molecule has 0 radical (unpaired) electrons. The first-order valence-electron chi connectivity index (χ1n) is 7.18. The van der Waals surface area contributed by atoms with Crippen LogP contribution >= 0.6 is 11.6 Å². The van der Waals surface area contributed by atoms with Crippen LogP contribution in [0, 0.1) is 0 Å². The molecule has 23 heavy (non-hydrogen) atoms. The smallest absolute Gasteiger partial charge is 0.222 e. The minimum Gasteiger partial charge on any atom is -0.383 e. The average molecular weight is 324 g/mol. The summed E-state index contributed by atoms with van der Waals surface area (Å²) >= 11 is 6.46. The van der Waals surface area contributed by atoms with Crippen molar-refractivity contribution in [2.24, 2.45) is 0 Å². The average Bonchev–Trinajstić information content (AvgIpc) is 2.83. The van der Waals surface area contributed by atoms with Gasteiger partial charge in [0.2, 0.25) is 5.95 Å². The lowest BCUT2D eigenvalue weighted by Crippen LogP contribution is -2.01. The lowest BCUT2D eigenvalue weighted by molar-refractivity contribution is 0.838. The fraction of sp³-hybridized carbons (Fsp3) is 0.0588. The van der Waals surface area contributed by atoms with E-state index >= 15 is 0 Å². The minimum absolute atomic E-state index is 0.171. The maximum atomic E-state index is 6.46. The van der Waals surface area contributed by atoms with E-state index < -0.39 is 0 Å². The van der Waals surface area contributed by atoms with Gasteiger partial charge in [-0.3, -0.25) is 0 Å². The maximum absolute atomic E-state index is 6.46. The summed E-state index contributed by atoms with van der Waals surface area (Å²) in [5.74, 6) is 0.538. The first-order chi connectivity index (χ1) is 11.1. The number of aromatic nitrogens is 3. The van der Waals surface area contributed by atoms with E-state index in [9.17, 15) is 0 Å². The van der Waals surface area contributed by atoms with Gasteiger partial charge in [0.05, 0.1) is 16.4 Å². The number of benzene rings is 2. The molecular formula is C17H14ClN5. The highest BCUT2D eigenvalue weighted by molar-refractivity contribution is 6.31. The Kier molecular flexibility index (Phi) is 3.09. The molecule has 2 aromatic heterocycles. The highest BCUT2D eigenvalue weighted by Gasteiger charge is 2.14. The Bertz CT molecular complexity index is 1020. The van der Waals surface area contributed by atoms with Gasteiger partial charge < -0.3 is 16.0 Å². The molecule has 0 spiro atoms. The molecular weight excluding hydrogens is 310 g/mol. The molecule has 6 heteroatoms. The number of nitrogens with two attached hydrogens (primary N) is 2. The van der Waals surface area contributed by atoms with E-state index in [0.29, 0.717) is 17.5 Å². The zero-order valence-electron chi connectivity index (χ0n) is 12.2. The van der Waals surface area contributed by atoms with Gasteiger partial charge in [-0.25, -0.2) is 4.98 Å². The molecule has 2 aromatic carbocycles. The molecule has 4 N–H and O–H groups in total. The Hall–Kier alpha value is -2.79. The van der Waals surface area contributed by atoms with Gasteiger partial charge in [-0.1, -0.05) is 41.9 Å². The van der Waals surface area contributed by atoms with E-state index in [2.05, 4.69) is 22.1 Å². The summed E-state index contributed by atoms with van der Waals surface area (Å²) in [4.78, 5) is 8.31. The van der Waals surface area contributed by atoms with Gasteiger partial charge in [0.15, 0.2) is 0 Å². The molecule has 0 aliphatic carbocycles. The van der Waals surface area contributed by atoms with Crippen molar-refractivity contribution in [3.05, 3.63) is 59.2 Å². The monoisotopic (exact) mass is 323 g/mol. The van der Waals surface area contributed by atoms with Gasteiger partial charge in [0, 0.05) is 11.9 Å². The van der Waals surface area contributed by atoms with Gasteiger partial charge in [-0.2, -0.15) is 4.98 Å². The third kappa shape index (κ3) is 2.26. The summed E-state index contributed by atoms with van der Waals surface area (Å²) in [7, 11) is 0. The molecule has 0 bridgehead atoms. The Morgan fingerprint density at radius 2 is 1.78 bits per heavy atom. The number of nitrogens with zero attached hydrogens (tertiary/aromatic N) is 3. The van der Waals surface area contributed by atoms with Crippen molar-refractivity contribution >= 4 is 45.2 Å². The van der Waals surface area contributed by atoms with E-state index in [4.69, 9.17) is 23.1 Å². The summed E-state index contributed by atoms with van der Waals surface area (Å²) in [6.07, 6.45) is 0. The first-order valence-corrected chi connectivity index (χ1v) is 7.55. The summed E-state index contributed by atoms with van der Waals surface area (Å²) in [5, 5.41) is 2.36. The van der Waals surface area contributed by atoms with Crippen molar-refractivity contribution in [1.29, 1.82) is 0 Å². The largest absolute Gasteiger partial charge is 0.383 e. The zero-order chi connectivity index (χ0) is 16.0. The van der Waals surface area contributed by atoms with Gasteiger partial charge in [0.25, 0.3) is 0 Å². The number of anilines is 2. The first kappa shape index (κ1) is 13.8. The standard InChI is InChI=1S/C17H14ClN5/c18-14-8-11-13(23(14)9-10-4-2-1-3-5-10)7-6-12-15(11)16(19)22-17(20)21-12/h1-8H,9H2,(H4,19,20,21,22). The molecule has 0 aliphatic rings. The summed E-state index contributed by atoms with van der Waals surface area (Å²) in [6, 6.07) is 15.9. The van der Waals surface area contributed by atoms with Crippen LogP contribution in [-0.2, 0) is 6.54 Å². The molecule has 0 fully saturated rings. The number of rotatable bonds is 2. The van der Waals surface area contributed by atoms with E-state index in [1.807, 2.05) is 41.0 Å². The fourth-order valence-electron chi connectivity index (χ4n) is 2.91. The van der Waals surface area contributed by atoms with Crippen LogP contribution in [0.4, 0.5) is 11.8 Å². The Morgan fingerprint density at radius 3 is 2.57 bits per heavy atom. The Balaban J connectivity index is 1.97. The van der Waals surface area contributed by atoms with Gasteiger partial charge in [-0.15, -0.1) is 0 Å². The minimum atomic E-state index is 0.171. The van der Waals surface area contributed by atoms with Crippen LogP contribution in [0.15, 0.2) is 48.5 Å². The molecule has 4 aromatic rings. The van der Waals surface area contributed by atoms with Crippen LogP contribution in [0.1, 0.15) is 5.56 Å². The molecule has 2 heterocycles. The fourth-order valence-corrected chi connectivity index (χ4v) is 3.17. The molecule has 0 atom stereocenters. The topological polar surface area (TPSA) is 82.7 Å². The van der Waals surface area contributed by atoms with Gasteiger partial charge >= 0.3 is 0 Å². The molecule has 0 amide bonds. The zero-order valence-corrected chi connectivity index (χ0v) is 13.0. The molecule has 5 nitrogen and oxygen atoms in total. The van der Waals surface area contributed by atoms with Crippen LogP contribution in [0.3, 0.4) is 0 Å². The SMILES string of the molecule is Nc1nc(N)c2c(ccc3c2cc(Cl)n3Cc2ccccc2)n1. The van der Waals surface area contributed by atoms with Gasteiger partial charge in [0.1, 0.15) is 11.0 Å². The second kappa shape index (κ2) is 5.14. The van der Waals surface area contributed by atoms with Crippen molar-refractivity contribution in [3.8, 4) is 0 Å². The van der Waals surface area contributed by atoms with Crippen LogP contribution in [-0.4, -0.2) is 14.5 Å². The molecule has 114 valence electrons. The van der Waals surface area contributed by atoms with Crippen molar-refractivity contribution in [3.63, 3.8) is 0 Å². The number of fused-ring (bicyclic) bond motifs is 3. The predicted molar refractivity (Wildman–Crippen MR) is 94.4 cm³/mol. The quantitative estimate of drug-likeness (QED) is 0.592. The van der Waals surface area contributed by atoms with E-state index in [1.54, 1.807) is 0 Å². The number of hydrogen-bond donors (Lipinski definition) is 2. The van der Waals surface area contributed by atoms with E-state index in [-0.39, 0.29) is 5.95 Å². The third-order valence-corrected chi connectivity index (χ3v) is 4.24. The second-order valence-electron chi connectivity index (χ2n) is 5.40. The van der Waals surface area contributed by atoms with E-state index in [1.165, 1.54) is 5.56 Å². The van der Waals surface area contributed by atoms with Crippen molar-refractivity contribution in [2.75, 3.05) is 11.5 Å². The van der Waals surface area contributed by atoms with Crippen molar-refractivity contribution in [2.45, 2.75) is 6.54 Å². The number of hydrogen-bond acceptors (Lipinski definition) is 4. The lowest BCUT2D eigenvalue weighted by Gasteiger charge is -2.08. The van der Waals surface area contributed by atoms with Gasteiger partial charge in [-0.05, 0) is 23.8 Å². The lowest BCUT2D eigenvalue weighted by atomic mass is 10.1. The molecule has 0 aliphatic heterocycles. The van der Waals surface area contributed by atoms with Crippen LogP contribution < -0.4 is 11.5 Å². The van der Waals surface area contributed by atoms with Crippen molar-refractivity contribution in [1.82, 2.24) is 14.5 Å². The third-order valence-electron chi connectivity index (χ3n) is 3.92. The van der Waals surface area contributed by atoms with E-state index in [0.717, 1.165) is 21.8 Å². The summed E-state index contributed by atoms with van der Waals surface area (Å²) in [6.45, 7) is 0.685. The Morgan fingerprint density at radius 1 is 1.00 bits per heavy atom. The highest BCUT2D eigenvalue weighted by Crippen LogP contribution is 2.33. The maximum Gasteiger partial charge on any atom is 0.222 e. The van der Waals surface area contributed by atoms with Crippen molar-refractivity contribution < 1.29 is 0 Å². The number of halogens is 1. The number of nitrogen functional groups attached to an aromatic ring is 2. The molecule has 0 unspecified atom stereocenters.